The van der Waals surface area contributed by atoms with Gasteiger partial charge in [0.25, 0.3) is 0 Å². The Hall–Kier alpha value is -3.16. The van der Waals surface area contributed by atoms with Crippen LogP contribution in [0.5, 0.6) is 11.5 Å². The molecule has 0 bridgehead atoms. The number of fused-ring (bicyclic) bond motifs is 2. The van der Waals surface area contributed by atoms with Crippen molar-refractivity contribution < 1.29 is 14.2 Å². The summed E-state index contributed by atoms with van der Waals surface area (Å²) in [6.07, 6.45) is 7.24. The van der Waals surface area contributed by atoms with E-state index in [1.807, 2.05) is 47.1 Å². The van der Waals surface area contributed by atoms with Crippen LogP contribution in [-0.4, -0.2) is 53.9 Å². The molecule has 1 N–H and O–H groups in total. The Morgan fingerprint density at radius 3 is 3.00 bits per heavy atom. The van der Waals surface area contributed by atoms with E-state index in [0.29, 0.717) is 13.2 Å². The number of nitrogens with zero attached hydrogens (tertiary/aromatic N) is 3. The number of imidazole rings is 1. The van der Waals surface area contributed by atoms with Crippen molar-refractivity contribution in [2.45, 2.75) is 25.4 Å². The lowest BCUT2D eigenvalue weighted by Crippen LogP contribution is -2.19. The average Bonchev–Trinajstić information content (AvgIpc) is 3.07. The van der Waals surface area contributed by atoms with Gasteiger partial charge in [0, 0.05) is 24.8 Å². The lowest BCUT2D eigenvalue weighted by Gasteiger charge is -2.18. The van der Waals surface area contributed by atoms with Crippen molar-refractivity contribution in [2.75, 3.05) is 33.4 Å². The molecule has 3 aromatic heterocycles. The van der Waals surface area contributed by atoms with Crippen molar-refractivity contribution in [3.63, 3.8) is 0 Å². The maximum Gasteiger partial charge on any atom is 0.145 e. The van der Waals surface area contributed by atoms with Gasteiger partial charge in [-0.2, -0.15) is 0 Å². The van der Waals surface area contributed by atoms with Crippen molar-refractivity contribution >= 4 is 16.6 Å². The first-order valence-corrected chi connectivity index (χ1v) is 11.2. The number of ether oxygens (including phenoxy) is 3. The molecule has 0 radical (unpaired) electrons. The summed E-state index contributed by atoms with van der Waals surface area (Å²) in [6.45, 7) is 3.11. The number of nitrogens with one attached hydrogen (secondary N) is 1. The van der Waals surface area contributed by atoms with Crippen LogP contribution in [0, 0.1) is 0 Å². The van der Waals surface area contributed by atoms with Crippen molar-refractivity contribution in [1.29, 1.82) is 0 Å². The second-order valence-electron chi connectivity index (χ2n) is 8.02. The Bertz CT molecular complexity index is 1200. The molecule has 1 atom stereocenters. The summed E-state index contributed by atoms with van der Waals surface area (Å²) in [6, 6.07) is 14.1. The van der Waals surface area contributed by atoms with Gasteiger partial charge in [0.15, 0.2) is 0 Å². The van der Waals surface area contributed by atoms with Crippen molar-refractivity contribution in [1.82, 2.24) is 19.7 Å². The van der Waals surface area contributed by atoms with Crippen LogP contribution in [0.1, 0.15) is 19.3 Å². The highest BCUT2D eigenvalue weighted by Gasteiger charge is 2.16. The first-order valence-electron chi connectivity index (χ1n) is 11.2. The van der Waals surface area contributed by atoms with Gasteiger partial charge in [-0.15, -0.1) is 0 Å². The van der Waals surface area contributed by atoms with E-state index in [1.54, 1.807) is 7.11 Å². The summed E-state index contributed by atoms with van der Waals surface area (Å²) in [4.78, 5) is 9.55. The predicted molar refractivity (Wildman–Crippen MR) is 124 cm³/mol. The molecule has 4 heterocycles. The number of benzene rings is 1. The Morgan fingerprint density at radius 1 is 1.09 bits per heavy atom. The molecule has 1 aliphatic rings. The number of para-hydroxylation sites is 1. The molecule has 166 valence electrons. The van der Waals surface area contributed by atoms with Gasteiger partial charge < -0.3 is 19.5 Å². The highest BCUT2D eigenvalue weighted by molar-refractivity contribution is 5.86. The first-order chi connectivity index (χ1) is 15.8. The Balaban J connectivity index is 1.45. The third-order valence-electron chi connectivity index (χ3n) is 5.80. The zero-order valence-corrected chi connectivity index (χ0v) is 18.3. The van der Waals surface area contributed by atoms with Crippen LogP contribution in [0.25, 0.3) is 27.9 Å². The minimum absolute atomic E-state index is 0.216. The van der Waals surface area contributed by atoms with Crippen LogP contribution >= 0.6 is 0 Å². The van der Waals surface area contributed by atoms with Gasteiger partial charge in [-0.25, -0.2) is 9.97 Å². The largest absolute Gasteiger partial charge is 0.491 e. The van der Waals surface area contributed by atoms with E-state index in [0.717, 1.165) is 71.8 Å². The molecule has 1 fully saturated rings. The van der Waals surface area contributed by atoms with E-state index in [9.17, 15) is 0 Å². The second kappa shape index (κ2) is 9.54. The van der Waals surface area contributed by atoms with E-state index in [2.05, 4.69) is 22.4 Å². The first kappa shape index (κ1) is 20.7. The van der Waals surface area contributed by atoms with Gasteiger partial charge in [0.05, 0.1) is 24.2 Å². The summed E-state index contributed by atoms with van der Waals surface area (Å²) in [5.74, 6) is 1.62. The van der Waals surface area contributed by atoms with Gasteiger partial charge in [-0.05, 0) is 50.6 Å². The zero-order valence-electron chi connectivity index (χ0n) is 18.3. The molecule has 7 heteroatoms. The monoisotopic (exact) mass is 432 g/mol. The molecule has 1 unspecified atom stereocenters. The van der Waals surface area contributed by atoms with Crippen LogP contribution in [-0.2, 0) is 4.74 Å². The van der Waals surface area contributed by atoms with E-state index in [-0.39, 0.29) is 6.10 Å². The van der Waals surface area contributed by atoms with E-state index in [4.69, 9.17) is 19.2 Å². The molecule has 1 aromatic carbocycles. The van der Waals surface area contributed by atoms with Crippen molar-refractivity contribution in [3.8, 4) is 22.9 Å². The van der Waals surface area contributed by atoms with E-state index in [1.165, 1.54) is 0 Å². The van der Waals surface area contributed by atoms with E-state index >= 15 is 0 Å². The number of pyridine rings is 2. The summed E-state index contributed by atoms with van der Waals surface area (Å²) in [7, 11) is 1.66. The highest BCUT2D eigenvalue weighted by Crippen LogP contribution is 2.30. The average molecular weight is 433 g/mol. The molecule has 0 amide bonds. The van der Waals surface area contributed by atoms with Crippen LogP contribution in [0.15, 0.2) is 54.9 Å². The van der Waals surface area contributed by atoms with Gasteiger partial charge in [-0.3, -0.25) is 4.40 Å². The fourth-order valence-corrected chi connectivity index (χ4v) is 4.13. The minimum Gasteiger partial charge on any atom is -0.491 e. The third kappa shape index (κ3) is 4.40. The van der Waals surface area contributed by atoms with Gasteiger partial charge in [-0.1, -0.05) is 18.2 Å². The quantitative estimate of drug-likeness (QED) is 0.444. The number of hydrogen-bond acceptors (Lipinski definition) is 6. The molecule has 32 heavy (non-hydrogen) atoms. The van der Waals surface area contributed by atoms with Crippen LogP contribution in [0.3, 0.4) is 0 Å². The SMILES string of the molecule is COCCOc1ccn2c(-c3ccc4cccc(OC5CCCNCC5)c4n3)cnc2c1. The number of aromatic nitrogens is 3. The molecule has 0 saturated carbocycles. The van der Waals surface area contributed by atoms with Crippen molar-refractivity contribution in [2.24, 2.45) is 0 Å². The fraction of sp³-hybridized carbons (Fsp3) is 0.360. The summed E-state index contributed by atoms with van der Waals surface area (Å²) < 4.78 is 19.2. The maximum atomic E-state index is 6.42. The van der Waals surface area contributed by atoms with Crippen molar-refractivity contribution in [3.05, 3.63) is 54.9 Å². The van der Waals surface area contributed by atoms with Crippen LogP contribution in [0.4, 0.5) is 0 Å². The molecular weight excluding hydrogens is 404 g/mol. The molecule has 4 aromatic rings. The lowest BCUT2D eigenvalue weighted by molar-refractivity contribution is 0.146. The molecule has 1 saturated heterocycles. The standard InChI is InChI=1S/C25H28N4O3/c1-30-14-15-31-20-10-13-29-22(17-27-24(29)16-20)21-8-7-18-4-2-6-23(25(18)28-21)32-19-5-3-11-26-12-9-19/h2,4,6-8,10,13,16-17,19,26H,3,5,9,11-12,14-15H2,1H3. The Labute approximate surface area is 187 Å². The molecular formula is C25H28N4O3. The number of methoxy groups -OCH3 is 1. The maximum absolute atomic E-state index is 6.42. The molecule has 7 nitrogen and oxygen atoms in total. The Morgan fingerprint density at radius 2 is 2.06 bits per heavy atom. The van der Waals surface area contributed by atoms with Gasteiger partial charge >= 0.3 is 0 Å². The molecule has 0 aliphatic carbocycles. The number of rotatable bonds is 7. The van der Waals surface area contributed by atoms with Gasteiger partial charge in [0.1, 0.15) is 35.4 Å². The van der Waals surface area contributed by atoms with E-state index < -0.39 is 0 Å². The third-order valence-corrected chi connectivity index (χ3v) is 5.80. The predicted octanol–water partition coefficient (Wildman–Crippen LogP) is 4.10. The van der Waals surface area contributed by atoms with Crippen LogP contribution in [0.2, 0.25) is 0 Å². The van der Waals surface area contributed by atoms with Crippen LogP contribution < -0.4 is 14.8 Å². The summed E-state index contributed by atoms with van der Waals surface area (Å²) >= 11 is 0. The molecule has 0 spiro atoms. The lowest BCUT2D eigenvalue weighted by atomic mass is 10.1. The fourth-order valence-electron chi connectivity index (χ4n) is 4.13. The summed E-state index contributed by atoms with van der Waals surface area (Å²) in [5, 5.41) is 4.51. The number of hydrogen-bond donors (Lipinski definition) is 1. The molecule has 5 rings (SSSR count). The normalized spacial score (nSPS) is 16.8. The highest BCUT2D eigenvalue weighted by atomic mass is 16.5. The second-order valence-corrected chi connectivity index (χ2v) is 8.02. The summed E-state index contributed by atoms with van der Waals surface area (Å²) in [5.41, 5.74) is 3.49. The topological polar surface area (TPSA) is 69.9 Å². The Kier molecular flexibility index (Phi) is 6.18. The molecule has 1 aliphatic heterocycles. The smallest absolute Gasteiger partial charge is 0.145 e. The minimum atomic E-state index is 0.216. The van der Waals surface area contributed by atoms with Gasteiger partial charge in [0.2, 0.25) is 0 Å². The zero-order chi connectivity index (χ0) is 21.8.